The van der Waals surface area contributed by atoms with E-state index >= 15 is 0 Å². The number of nitrogens with zero attached hydrogens (tertiary/aromatic N) is 3. The van der Waals surface area contributed by atoms with E-state index in [1.807, 2.05) is 42.5 Å². The summed E-state index contributed by atoms with van der Waals surface area (Å²) >= 11 is 0. The number of fused-ring (bicyclic) bond motifs is 1. The molecule has 0 saturated carbocycles. The molecule has 1 amide bonds. The first-order valence-electron chi connectivity index (χ1n) is 8.85. The molecule has 4 rings (SSSR count). The Balaban J connectivity index is 1.44. The third kappa shape index (κ3) is 3.81. The van der Waals surface area contributed by atoms with Crippen LogP contribution in [0.1, 0.15) is 27.0 Å². The smallest absolute Gasteiger partial charge is 0.258 e. The largest absolute Gasteiger partial charge is 0.316 e. The monoisotopic (exact) mass is 347 g/mol. The van der Waals surface area contributed by atoms with Crippen LogP contribution in [0.4, 0.5) is 5.95 Å². The molecule has 0 atom stereocenters. The highest BCUT2D eigenvalue weighted by molar-refractivity contribution is 6.03. The highest BCUT2D eigenvalue weighted by Gasteiger charge is 2.13. The van der Waals surface area contributed by atoms with Gasteiger partial charge in [0.15, 0.2) is 0 Å². The summed E-state index contributed by atoms with van der Waals surface area (Å²) in [6.07, 6.45) is 3.58. The zero-order valence-electron chi connectivity index (χ0n) is 14.5. The van der Waals surface area contributed by atoms with E-state index in [2.05, 4.69) is 26.8 Å². The van der Waals surface area contributed by atoms with Crippen molar-refractivity contribution in [2.24, 2.45) is 0 Å². The molecule has 2 heterocycles. The summed E-state index contributed by atoms with van der Waals surface area (Å²) in [5, 5.41) is 10.5. The molecule has 6 nitrogen and oxygen atoms in total. The van der Waals surface area contributed by atoms with E-state index < -0.39 is 0 Å². The van der Waals surface area contributed by atoms with Crippen molar-refractivity contribution in [1.82, 2.24) is 20.1 Å². The van der Waals surface area contributed by atoms with Crippen molar-refractivity contribution in [3.05, 3.63) is 77.1 Å². The molecular formula is C20H21N5O. The van der Waals surface area contributed by atoms with Gasteiger partial charge in [-0.25, -0.2) is 9.67 Å². The quantitative estimate of drug-likeness (QED) is 0.759. The molecule has 6 heteroatoms. The second-order valence-corrected chi connectivity index (χ2v) is 6.44. The SMILES string of the molecule is O=C(Nc1ncn(Cc2ccccc2)n1)c1ccc2c(c1)CCNCC2. The van der Waals surface area contributed by atoms with Crippen LogP contribution in [0.25, 0.3) is 0 Å². The molecule has 2 aromatic carbocycles. The number of hydrogen-bond donors (Lipinski definition) is 2. The predicted molar refractivity (Wildman–Crippen MR) is 100 cm³/mol. The van der Waals surface area contributed by atoms with Gasteiger partial charge < -0.3 is 5.32 Å². The van der Waals surface area contributed by atoms with Crippen LogP contribution in [0, 0.1) is 0 Å². The first-order chi connectivity index (χ1) is 12.8. The average molecular weight is 347 g/mol. The summed E-state index contributed by atoms with van der Waals surface area (Å²) in [5.74, 6) is 0.144. The van der Waals surface area contributed by atoms with Crippen molar-refractivity contribution in [3.8, 4) is 0 Å². The second-order valence-electron chi connectivity index (χ2n) is 6.44. The van der Waals surface area contributed by atoms with Crippen molar-refractivity contribution in [1.29, 1.82) is 0 Å². The fraction of sp³-hybridized carbons (Fsp3) is 0.250. The Kier molecular flexibility index (Phi) is 4.75. The van der Waals surface area contributed by atoms with Crippen LogP contribution in [-0.2, 0) is 19.4 Å². The summed E-state index contributed by atoms with van der Waals surface area (Å²) in [7, 11) is 0. The maximum absolute atomic E-state index is 12.5. The van der Waals surface area contributed by atoms with Gasteiger partial charge in [-0.2, -0.15) is 0 Å². The van der Waals surface area contributed by atoms with Crippen LogP contribution in [0.5, 0.6) is 0 Å². The number of amides is 1. The van der Waals surface area contributed by atoms with Crippen LogP contribution in [0.2, 0.25) is 0 Å². The lowest BCUT2D eigenvalue weighted by Crippen LogP contribution is -2.16. The van der Waals surface area contributed by atoms with Crippen molar-refractivity contribution in [3.63, 3.8) is 0 Å². The summed E-state index contributed by atoms with van der Waals surface area (Å²) in [5.41, 5.74) is 4.33. The number of aromatic nitrogens is 3. The molecule has 0 radical (unpaired) electrons. The van der Waals surface area contributed by atoms with Crippen molar-refractivity contribution < 1.29 is 4.79 Å². The molecule has 0 bridgehead atoms. The first kappa shape index (κ1) is 16.5. The minimum Gasteiger partial charge on any atom is -0.316 e. The van der Waals surface area contributed by atoms with Crippen LogP contribution in [-0.4, -0.2) is 33.8 Å². The Labute approximate surface area is 152 Å². The summed E-state index contributed by atoms with van der Waals surface area (Å²) in [6, 6.07) is 15.9. The standard InChI is InChI=1S/C20H21N5O/c26-19(18-7-6-16-8-10-21-11-9-17(16)12-18)23-20-22-14-25(24-20)13-15-4-2-1-3-5-15/h1-7,12,14,21H,8-11,13H2,(H,23,24,26). The fourth-order valence-electron chi connectivity index (χ4n) is 3.19. The third-order valence-electron chi connectivity index (χ3n) is 4.56. The number of hydrogen-bond acceptors (Lipinski definition) is 4. The van der Waals surface area contributed by atoms with Gasteiger partial charge >= 0.3 is 0 Å². The highest BCUT2D eigenvalue weighted by atomic mass is 16.1. The zero-order chi connectivity index (χ0) is 17.8. The fourth-order valence-corrected chi connectivity index (χ4v) is 3.19. The van der Waals surface area contributed by atoms with Crippen LogP contribution < -0.4 is 10.6 Å². The minimum absolute atomic E-state index is 0.178. The molecule has 0 spiro atoms. The van der Waals surface area contributed by atoms with Gasteiger partial charge in [-0.3, -0.25) is 10.1 Å². The lowest BCUT2D eigenvalue weighted by Gasteiger charge is -2.08. The maximum Gasteiger partial charge on any atom is 0.258 e. The van der Waals surface area contributed by atoms with E-state index in [1.165, 1.54) is 11.1 Å². The maximum atomic E-state index is 12.5. The summed E-state index contributed by atoms with van der Waals surface area (Å²) < 4.78 is 1.72. The van der Waals surface area contributed by atoms with Gasteiger partial charge in [0.25, 0.3) is 5.91 Å². The number of anilines is 1. The normalized spacial score (nSPS) is 13.7. The van der Waals surface area contributed by atoms with Crippen LogP contribution >= 0.6 is 0 Å². The lowest BCUT2D eigenvalue weighted by atomic mass is 10.00. The lowest BCUT2D eigenvalue weighted by molar-refractivity contribution is 0.102. The summed E-state index contributed by atoms with van der Waals surface area (Å²) in [4.78, 5) is 16.7. The minimum atomic E-state index is -0.178. The molecule has 1 aliphatic heterocycles. The number of nitrogens with one attached hydrogen (secondary N) is 2. The van der Waals surface area contributed by atoms with E-state index in [1.54, 1.807) is 11.0 Å². The molecule has 0 unspecified atom stereocenters. The Morgan fingerprint density at radius 2 is 1.88 bits per heavy atom. The molecule has 2 N–H and O–H groups in total. The van der Waals surface area contributed by atoms with Gasteiger partial charge in [-0.15, -0.1) is 5.10 Å². The molecular weight excluding hydrogens is 326 g/mol. The molecule has 0 fully saturated rings. The second kappa shape index (κ2) is 7.49. The van der Waals surface area contributed by atoms with Gasteiger partial charge in [0.2, 0.25) is 5.95 Å². The van der Waals surface area contributed by atoms with E-state index in [0.29, 0.717) is 18.1 Å². The van der Waals surface area contributed by atoms with E-state index in [0.717, 1.165) is 31.5 Å². The van der Waals surface area contributed by atoms with Gasteiger partial charge in [-0.05, 0) is 54.8 Å². The zero-order valence-corrected chi connectivity index (χ0v) is 14.5. The first-order valence-corrected chi connectivity index (χ1v) is 8.85. The topological polar surface area (TPSA) is 71.8 Å². The predicted octanol–water partition coefficient (Wildman–Crippen LogP) is 2.27. The number of carbonyl (C=O) groups excluding carboxylic acids is 1. The van der Waals surface area contributed by atoms with E-state index in [4.69, 9.17) is 0 Å². The Morgan fingerprint density at radius 1 is 1.08 bits per heavy atom. The molecule has 0 aliphatic carbocycles. The van der Waals surface area contributed by atoms with Crippen LogP contribution in [0.3, 0.4) is 0 Å². The van der Waals surface area contributed by atoms with E-state index in [-0.39, 0.29) is 5.91 Å². The molecule has 3 aromatic rings. The molecule has 1 aliphatic rings. The Bertz CT molecular complexity index is 904. The third-order valence-corrected chi connectivity index (χ3v) is 4.56. The van der Waals surface area contributed by atoms with Gasteiger partial charge in [0.1, 0.15) is 6.33 Å². The van der Waals surface area contributed by atoms with Crippen molar-refractivity contribution in [2.45, 2.75) is 19.4 Å². The highest BCUT2D eigenvalue weighted by Crippen LogP contribution is 2.16. The number of carbonyl (C=O) groups is 1. The molecule has 0 saturated heterocycles. The molecule has 26 heavy (non-hydrogen) atoms. The number of rotatable bonds is 4. The molecule has 132 valence electrons. The van der Waals surface area contributed by atoms with Crippen molar-refractivity contribution >= 4 is 11.9 Å². The van der Waals surface area contributed by atoms with Crippen molar-refractivity contribution in [2.75, 3.05) is 18.4 Å². The van der Waals surface area contributed by atoms with Gasteiger partial charge in [-0.1, -0.05) is 36.4 Å². The van der Waals surface area contributed by atoms with Crippen LogP contribution in [0.15, 0.2) is 54.9 Å². The Hall–Kier alpha value is -2.99. The van der Waals surface area contributed by atoms with E-state index in [9.17, 15) is 4.79 Å². The van der Waals surface area contributed by atoms with Gasteiger partial charge in [0, 0.05) is 5.56 Å². The van der Waals surface area contributed by atoms with Gasteiger partial charge in [0.05, 0.1) is 6.54 Å². The number of benzene rings is 2. The Morgan fingerprint density at radius 3 is 2.73 bits per heavy atom. The molecule has 1 aromatic heterocycles. The average Bonchev–Trinajstić information content (AvgIpc) is 2.96. The summed E-state index contributed by atoms with van der Waals surface area (Å²) in [6.45, 7) is 2.56.